The Balaban J connectivity index is 1.81. The average molecular weight is 272 g/mol. The van der Waals surface area contributed by atoms with E-state index in [0.29, 0.717) is 5.76 Å². The minimum absolute atomic E-state index is 0.693. The fraction of sp³-hybridized carbons (Fsp3) is 0. The van der Waals surface area contributed by atoms with Gasteiger partial charge in [0.05, 0.1) is 12.5 Å². The summed E-state index contributed by atoms with van der Waals surface area (Å²) >= 11 is 0. The van der Waals surface area contributed by atoms with Crippen molar-refractivity contribution >= 4 is 11.9 Å². The van der Waals surface area contributed by atoms with E-state index in [1.165, 1.54) is 11.1 Å². The molecular weight excluding hydrogens is 260 g/mol. The van der Waals surface area contributed by atoms with E-state index < -0.39 is 0 Å². The maximum Gasteiger partial charge on any atom is 0.146 e. The van der Waals surface area contributed by atoms with Crippen LogP contribution in [0.15, 0.2) is 81.5 Å². The molecule has 2 aromatic carbocycles. The van der Waals surface area contributed by atoms with Gasteiger partial charge in [-0.1, -0.05) is 48.5 Å². The molecule has 0 radical (unpaired) electrons. The van der Waals surface area contributed by atoms with Crippen molar-refractivity contribution in [2.75, 3.05) is 0 Å². The van der Waals surface area contributed by atoms with Gasteiger partial charge < -0.3 is 4.42 Å². The van der Waals surface area contributed by atoms with E-state index in [1.54, 1.807) is 12.5 Å². The van der Waals surface area contributed by atoms with Crippen molar-refractivity contribution in [3.8, 4) is 11.1 Å². The van der Waals surface area contributed by atoms with Crippen LogP contribution >= 0.6 is 0 Å². The molecule has 0 bridgehead atoms. The van der Waals surface area contributed by atoms with Crippen LogP contribution in [0.25, 0.3) is 11.1 Å². The standard InChI is InChI=1S/C18H12N2O/c1-3-9-16-14(7-1)15-8-2-4-10-17(15)18(16)20-19-12-13-6-5-11-21-13/h1-12H/b19-12-. The zero-order valence-corrected chi connectivity index (χ0v) is 11.2. The molecule has 0 saturated heterocycles. The van der Waals surface area contributed by atoms with Crippen LogP contribution in [0.4, 0.5) is 0 Å². The molecule has 3 aromatic rings. The van der Waals surface area contributed by atoms with Gasteiger partial charge in [0.15, 0.2) is 0 Å². The third kappa shape index (κ3) is 1.99. The molecule has 100 valence electrons. The first-order valence-electron chi connectivity index (χ1n) is 6.77. The largest absolute Gasteiger partial charge is 0.463 e. The quantitative estimate of drug-likeness (QED) is 0.399. The third-order valence-corrected chi connectivity index (χ3v) is 3.54. The van der Waals surface area contributed by atoms with Crippen molar-refractivity contribution in [1.82, 2.24) is 0 Å². The molecule has 0 saturated carbocycles. The molecule has 3 nitrogen and oxygen atoms in total. The Kier molecular flexibility index (Phi) is 2.75. The van der Waals surface area contributed by atoms with Crippen molar-refractivity contribution in [2.24, 2.45) is 10.2 Å². The van der Waals surface area contributed by atoms with E-state index in [-0.39, 0.29) is 0 Å². The lowest BCUT2D eigenvalue weighted by Crippen LogP contribution is -1.96. The van der Waals surface area contributed by atoms with Crippen molar-refractivity contribution in [1.29, 1.82) is 0 Å². The smallest absolute Gasteiger partial charge is 0.146 e. The number of nitrogens with zero attached hydrogens (tertiary/aromatic N) is 2. The van der Waals surface area contributed by atoms with Gasteiger partial charge in [0.1, 0.15) is 11.5 Å². The lowest BCUT2D eigenvalue weighted by molar-refractivity contribution is 0.560. The van der Waals surface area contributed by atoms with Crippen LogP contribution in [0, 0.1) is 0 Å². The zero-order valence-electron chi connectivity index (χ0n) is 11.2. The molecule has 21 heavy (non-hydrogen) atoms. The Labute approximate surface area is 122 Å². The van der Waals surface area contributed by atoms with Crippen LogP contribution in [-0.2, 0) is 0 Å². The van der Waals surface area contributed by atoms with Gasteiger partial charge in [0.2, 0.25) is 0 Å². The summed E-state index contributed by atoms with van der Waals surface area (Å²) in [6.45, 7) is 0. The second-order valence-electron chi connectivity index (χ2n) is 4.80. The first-order chi connectivity index (χ1) is 10.4. The summed E-state index contributed by atoms with van der Waals surface area (Å²) < 4.78 is 5.22. The topological polar surface area (TPSA) is 37.9 Å². The highest BCUT2D eigenvalue weighted by Gasteiger charge is 2.23. The summed E-state index contributed by atoms with van der Waals surface area (Å²) in [5.41, 5.74) is 5.56. The Hall–Kier alpha value is -2.94. The molecule has 1 aliphatic rings. The number of furan rings is 1. The molecule has 0 fully saturated rings. The second kappa shape index (κ2) is 4.87. The molecule has 4 rings (SSSR count). The van der Waals surface area contributed by atoms with Crippen molar-refractivity contribution in [3.63, 3.8) is 0 Å². The number of rotatable bonds is 2. The molecule has 0 spiro atoms. The third-order valence-electron chi connectivity index (χ3n) is 3.54. The fourth-order valence-corrected chi connectivity index (χ4v) is 2.61. The van der Waals surface area contributed by atoms with Crippen LogP contribution < -0.4 is 0 Å². The Bertz CT molecular complexity index is 798. The van der Waals surface area contributed by atoms with E-state index in [4.69, 9.17) is 4.42 Å². The molecule has 1 aliphatic carbocycles. The normalized spacial score (nSPS) is 12.5. The summed E-state index contributed by atoms with van der Waals surface area (Å²) in [6.07, 6.45) is 3.24. The Morgan fingerprint density at radius 2 is 1.33 bits per heavy atom. The van der Waals surface area contributed by atoms with Crippen LogP contribution in [0.3, 0.4) is 0 Å². The summed E-state index contributed by atoms with van der Waals surface area (Å²) in [5, 5.41) is 8.57. The average Bonchev–Trinajstić information content (AvgIpc) is 3.15. The highest BCUT2D eigenvalue weighted by molar-refractivity contribution is 6.24. The van der Waals surface area contributed by atoms with Gasteiger partial charge in [-0.05, 0) is 23.3 Å². The molecule has 1 aromatic heterocycles. The molecular formula is C18H12N2O. The second-order valence-corrected chi connectivity index (χ2v) is 4.80. The van der Waals surface area contributed by atoms with Gasteiger partial charge in [-0.2, -0.15) is 5.10 Å². The zero-order chi connectivity index (χ0) is 14.1. The first-order valence-corrected chi connectivity index (χ1v) is 6.77. The minimum atomic E-state index is 0.693. The monoisotopic (exact) mass is 272 g/mol. The van der Waals surface area contributed by atoms with Crippen LogP contribution in [0.1, 0.15) is 16.9 Å². The number of benzene rings is 2. The highest BCUT2D eigenvalue weighted by atomic mass is 16.3. The molecule has 1 heterocycles. The Morgan fingerprint density at radius 3 is 1.90 bits per heavy atom. The lowest BCUT2D eigenvalue weighted by atomic mass is 10.1. The number of hydrogen-bond acceptors (Lipinski definition) is 3. The lowest BCUT2D eigenvalue weighted by Gasteiger charge is -1.97. The predicted octanol–water partition coefficient (Wildman–Crippen LogP) is 4.13. The van der Waals surface area contributed by atoms with Gasteiger partial charge >= 0.3 is 0 Å². The summed E-state index contributed by atoms with van der Waals surface area (Å²) in [6, 6.07) is 20.2. The number of fused-ring (bicyclic) bond motifs is 3. The predicted molar refractivity (Wildman–Crippen MR) is 83.8 cm³/mol. The van der Waals surface area contributed by atoms with Gasteiger partial charge in [-0.15, -0.1) is 5.10 Å². The SMILES string of the molecule is C(=N/N=C1c2ccccc2-c2ccccc21)/c1ccco1. The van der Waals surface area contributed by atoms with Gasteiger partial charge in [-0.25, -0.2) is 0 Å². The first kappa shape index (κ1) is 11.9. The van der Waals surface area contributed by atoms with Crippen LogP contribution in [-0.4, -0.2) is 11.9 Å². The van der Waals surface area contributed by atoms with E-state index in [1.807, 2.05) is 36.4 Å². The van der Waals surface area contributed by atoms with Crippen molar-refractivity contribution < 1.29 is 4.42 Å². The van der Waals surface area contributed by atoms with Crippen LogP contribution in [0.5, 0.6) is 0 Å². The summed E-state index contributed by atoms with van der Waals surface area (Å²) in [4.78, 5) is 0. The van der Waals surface area contributed by atoms with Gasteiger partial charge in [0, 0.05) is 11.1 Å². The maximum absolute atomic E-state index is 5.22. The van der Waals surface area contributed by atoms with E-state index in [0.717, 1.165) is 16.8 Å². The maximum atomic E-state index is 5.22. The van der Waals surface area contributed by atoms with Gasteiger partial charge in [0.25, 0.3) is 0 Å². The minimum Gasteiger partial charge on any atom is -0.463 e. The van der Waals surface area contributed by atoms with Crippen molar-refractivity contribution in [3.05, 3.63) is 83.8 Å². The summed E-state index contributed by atoms with van der Waals surface area (Å²) in [7, 11) is 0. The number of hydrogen-bond donors (Lipinski definition) is 0. The summed E-state index contributed by atoms with van der Waals surface area (Å²) in [5.74, 6) is 0.693. The van der Waals surface area contributed by atoms with E-state index in [2.05, 4.69) is 34.5 Å². The van der Waals surface area contributed by atoms with Gasteiger partial charge in [-0.3, -0.25) is 0 Å². The molecule has 3 heteroatoms. The molecule has 0 unspecified atom stereocenters. The molecule has 0 N–H and O–H groups in total. The molecule has 0 atom stereocenters. The van der Waals surface area contributed by atoms with E-state index in [9.17, 15) is 0 Å². The van der Waals surface area contributed by atoms with Crippen LogP contribution in [0.2, 0.25) is 0 Å². The fourth-order valence-electron chi connectivity index (χ4n) is 2.61. The molecule has 0 amide bonds. The van der Waals surface area contributed by atoms with Crippen molar-refractivity contribution in [2.45, 2.75) is 0 Å². The molecule has 0 aliphatic heterocycles. The van der Waals surface area contributed by atoms with E-state index >= 15 is 0 Å². The highest BCUT2D eigenvalue weighted by Crippen LogP contribution is 2.36. The Morgan fingerprint density at radius 1 is 0.714 bits per heavy atom.